The van der Waals surface area contributed by atoms with Gasteiger partial charge in [-0.05, 0) is 32.4 Å². The molecule has 6 nitrogen and oxygen atoms in total. The van der Waals surface area contributed by atoms with Crippen molar-refractivity contribution in [2.45, 2.75) is 38.3 Å². The fourth-order valence-corrected chi connectivity index (χ4v) is 4.09. The summed E-state index contributed by atoms with van der Waals surface area (Å²) in [5.41, 5.74) is 1.00. The van der Waals surface area contributed by atoms with Crippen molar-refractivity contribution in [1.29, 1.82) is 0 Å². The zero-order chi connectivity index (χ0) is 18.6. The number of carbonyl (C=O) groups is 2. The molecule has 0 bridgehead atoms. The molecule has 1 aromatic rings. The van der Waals surface area contributed by atoms with Crippen LogP contribution in [0.25, 0.3) is 0 Å². The lowest BCUT2D eigenvalue weighted by Crippen LogP contribution is -2.63. The average molecular weight is 358 g/mol. The van der Waals surface area contributed by atoms with Crippen LogP contribution in [-0.4, -0.2) is 71.9 Å². The lowest BCUT2D eigenvalue weighted by Gasteiger charge is -2.49. The van der Waals surface area contributed by atoms with E-state index in [4.69, 9.17) is 0 Å². The van der Waals surface area contributed by atoms with Gasteiger partial charge in [-0.25, -0.2) is 4.79 Å². The summed E-state index contributed by atoms with van der Waals surface area (Å²) in [5, 5.41) is 3.04. The van der Waals surface area contributed by atoms with Gasteiger partial charge in [0.25, 0.3) is 0 Å². The maximum Gasteiger partial charge on any atom is 0.317 e. The van der Waals surface area contributed by atoms with Crippen LogP contribution in [0.5, 0.6) is 0 Å². The summed E-state index contributed by atoms with van der Waals surface area (Å²) >= 11 is 0. The molecule has 3 rings (SSSR count). The summed E-state index contributed by atoms with van der Waals surface area (Å²) in [5.74, 6) is 0.239. The molecule has 0 radical (unpaired) electrons. The van der Waals surface area contributed by atoms with Crippen LogP contribution in [0, 0.1) is 0 Å². The van der Waals surface area contributed by atoms with E-state index in [9.17, 15) is 9.59 Å². The standard InChI is InChI=1S/C20H30N4O2/c1-3-23-12-11-20(10-9-18(23)25)16-24(14-13-22(20)2)19(26)21-15-17-7-5-4-6-8-17/h4-8H,3,9-16H2,1-2H3,(H,21,26)/t20-/m0/s1. The molecule has 1 aromatic carbocycles. The van der Waals surface area contributed by atoms with E-state index >= 15 is 0 Å². The molecule has 142 valence electrons. The van der Waals surface area contributed by atoms with Crippen molar-refractivity contribution in [3.05, 3.63) is 35.9 Å². The predicted octanol–water partition coefficient (Wildman–Crippen LogP) is 1.91. The van der Waals surface area contributed by atoms with Crippen LogP contribution in [-0.2, 0) is 11.3 Å². The number of piperazine rings is 1. The van der Waals surface area contributed by atoms with E-state index in [1.54, 1.807) is 0 Å². The quantitative estimate of drug-likeness (QED) is 0.898. The third-order valence-electron chi connectivity index (χ3n) is 5.96. The van der Waals surface area contributed by atoms with Crippen LogP contribution in [0.15, 0.2) is 30.3 Å². The van der Waals surface area contributed by atoms with Crippen molar-refractivity contribution in [1.82, 2.24) is 20.0 Å². The maximum absolute atomic E-state index is 12.7. The van der Waals surface area contributed by atoms with Crippen LogP contribution in [0.4, 0.5) is 4.79 Å². The van der Waals surface area contributed by atoms with Crippen LogP contribution in [0.1, 0.15) is 31.7 Å². The Balaban J connectivity index is 1.63. The molecule has 2 saturated heterocycles. The summed E-state index contributed by atoms with van der Waals surface area (Å²) in [6.07, 6.45) is 2.31. The molecule has 1 atom stereocenters. The van der Waals surface area contributed by atoms with E-state index in [1.165, 1.54) is 0 Å². The van der Waals surface area contributed by atoms with Gasteiger partial charge in [0.1, 0.15) is 0 Å². The molecule has 2 heterocycles. The van der Waals surface area contributed by atoms with Gasteiger partial charge < -0.3 is 15.1 Å². The first kappa shape index (κ1) is 18.7. The first-order valence-electron chi connectivity index (χ1n) is 9.60. The monoisotopic (exact) mass is 358 g/mol. The Bertz CT molecular complexity index is 636. The molecule has 1 spiro atoms. The van der Waals surface area contributed by atoms with Crippen molar-refractivity contribution >= 4 is 11.9 Å². The second-order valence-corrected chi connectivity index (χ2v) is 7.44. The van der Waals surface area contributed by atoms with Gasteiger partial charge in [-0.1, -0.05) is 30.3 Å². The van der Waals surface area contributed by atoms with E-state index in [-0.39, 0.29) is 17.5 Å². The van der Waals surface area contributed by atoms with Gasteiger partial charge in [0, 0.05) is 51.2 Å². The second-order valence-electron chi connectivity index (χ2n) is 7.44. The van der Waals surface area contributed by atoms with Crippen molar-refractivity contribution in [2.75, 3.05) is 39.8 Å². The highest BCUT2D eigenvalue weighted by Gasteiger charge is 2.43. The van der Waals surface area contributed by atoms with E-state index in [2.05, 4.69) is 17.3 Å². The minimum absolute atomic E-state index is 0.00995. The highest BCUT2D eigenvalue weighted by molar-refractivity contribution is 5.77. The second kappa shape index (κ2) is 8.08. The molecule has 0 aromatic heterocycles. The largest absolute Gasteiger partial charge is 0.343 e. The number of amides is 3. The maximum atomic E-state index is 12.7. The van der Waals surface area contributed by atoms with Gasteiger partial charge in [0.15, 0.2) is 0 Å². The summed E-state index contributed by atoms with van der Waals surface area (Å²) in [6, 6.07) is 9.96. The van der Waals surface area contributed by atoms with Gasteiger partial charge in [0.05, 0.1) is 0 Å². The van der Waals surface area contributed by atoms with Crippen molar-refractivity contribution in [2.24, 2.45) is 0 Å². The number of carbonyl (C=O) groups excluding carboxylic acids is 2. The van der Waals surface area contributed by atoms with Crippen molar-refractivity contribution < 1.29 is 9.59 Å². The predicted molar refractivity (Wildman–Crippen MR) is 102 cm³/mol. The number of likely N-dealkylation sites (N-methyl/N-ethyl adjacent to an activating group) is 1. The highest BCUT2D eigenvalue weighted by Crippen LogP contribution is 2.32. The molecule has 2 aliphatic heterocycles. The van der Waals surface area contributed by atoms with Crippen LogP contribution < -0.4 is 5.32 Å². The third-order valence-corrected chi connectivity index (χ3v) is 5.96. The summed E-state index contributed by atoms with van der Waals surface area (Å²) in [4.78, 5) is 31.2. The fraction of sp³-hybridized carbons (Fsp3) is 0.600. The number of nitrogens with zero attached hydrogens (tertiary/aromatic N) is 3. The smallest absolute Gasteiger partial charge is 0.317 e. The lowest BCUT2D eigenvalue weighted by atomic mass is 9.86. The fourth-order valence-electron chi connectivity index (χ4n) is 4.09. The minimum Gasteiger partial charge on any atom is -0.343 e. The average Bonchev–Trinajstić information content (AvgIpc) is 2.82. The molecular formula is C20H30N4O2. The Morgan fingerprint density at radius 2 is 1.92 bits per heavy atom. The molecule has 2 fully saturated rings. The third kappa shape index (κ3) is 4.01. The van der Waals surface area contributed by atoms with E-state index < -0.39 is 0 Å². The van der Waals surface area contributed by atoms with E-state index in [0.29, 0.717) is 19.5 Å². The Labute approximate surface area is 156 Å². The molecule has 0 saturated carbocycles. The van der Waals surface area contributed by atoms with Gasteiger partial charge in [-0.15, -0.1) is 0 Å². The number of benzene rings is 1. The number of nitrogens with one attached hydrogen (secondary N) is 1. The first-order chi connectivity index (χ1) is 12.5. The van der Waals surface area contributed by atoms with E-state index in [0.717, 1.165) is 44.6 Å². The number of rotatable bonds is 3. The van der Waals surface area contributed by atoms with Crippen LogP contribution in [0.2, 0.25) is 0 Å². The van der Waals surface area contributed by atoms with Crippen LogP contribution >= 0.6 is 0 Å². The van der Waals surface area contributed by atoms with Crippen LogP contribution in [0.3, 0.4) is 0 Å². The topological polar surface area (TPSA) is 55.9 Å². The summed E-state index contributed by atoms with van der Waals surface area (Å²) in [7, 11) is 2.13. The summed E-state index contributed by atoms with van der Waals surface area (Å²) in [6.45, 7) is 6.38. The Hall–Kier alpha value is -2.08. The Morgan fingerprint density at radius 1 is 1.15 bits per heavy atom. The summed E-state index contributed by atoms with van der Waals surface area (Å²) < 4.78 is 0. The first-order valence-corrected chi connectivity index (χ1v) is 9.60. The Kier molecular flexibility index (Phi) is 5.81. The molecule has 0 aliphatic carbocycles. The molecule has 3 amide bonds. The SMILES string of the molecule is CCN1CC[C@@]2(CCC1=O)CN(C(=O)NCc1ccccc1)CCN2C. The van der Waals surface area contributed by atoms with E-state index in [1.807, 2.05) is 47.1 Å². The molecule has 0 unspecified atom stereocenters. The lowest BCUT2D eigenvalue weighted by molar-refractivity contribution is -0.130. The molecule has 6 heteroatoms. The van der Waals surface area contributed by atoms with Crippen molar-refractivity contribution in [3.8, 4) is 0 Å². The molecule has 1 N–H and O–H groups in total. The number of likely N-dealkylation sites (tertiary alicyclic amines) is 1. The van der Waals surface area contributed by atoms with Gasteiger partial charge in [-0.3, -0.25) is 9.69 Å². The van der Waals surface area contributed by atoms with Gasteiger partial charge in [0.2, 0.25) is 5.91 Å². The highest BCUT2D eigenvalue weighted by atomic mass is 16.2. The normalized spacial score (nSPS) is 24.6. The number of urea groups is 1. The Morgan fingerprint density at radius 3 is 2.65 bits per heavy atom. The zero-order valence-electron chi connectivity index (χ0n) is 15.9. The van der Waals surface area contributed by atoms with Gasteiger partial charge in [-0.2, -0.15) is 0 Å². The number of hydrogen-bond donors (Lipinski definition) is 1. The van der Waals surface area contributed by atoms with Gasteiger partial charge >= 0.3 is 6.03 Å². The number of hydrogen-bond acceptors (Lipinski definition) is 3. The molecule has 26 heavy (non-hydrogen) atoms. The zero-order valence-corrected chi connectivity index (χ0v) is 15.9. The molecule has 2 aliphatic rings. The minimum atomic E-state index is -0.0953. The molecular weight excluding hydrogens is 328 g/mol. The van der Waals surface area contributed by atoms with Crippen molar-refractivity contribution in [3.63, 3.8) is 0 Å².